The second-order valence-electron chi connectivity index (χ2n) is 1.80. The molecule has 0 atom stereocenters. The van der Waals surface area contributed by atoms with Crippen molar-refractivity contribution in [1.29, 1.82) is 0 Å². The predicted molar refractivity (Wildman–Crippen MR) is 44.8 cm³/mol. The molecule has 1 aromatic heterocycles. The average molecular weight is 221 g/mol. The van der Waals surface area contributed by atoms with Crippen LogP contribution in [-0.2, 0) is 0 Å². The van der Waals surface area contributed by atoms with E-state index in [2.05, 4.69) is 9.88 Å². The zero-order chi connectivity index (χ0) is 6.10. The summed E-state index contributed by atoms with van der Waals surface area (Å²) in [5.74, 6) is 2.62. The van der Waals surface area contributed by atoms with Gasteiger partial charge in [-0.25, -0.2) is 0 Å². The normalized spacial score (nSPS) is 17.3. The summed E-state index contributed by atoms with van der Waals surface area (Å²) in [6.07, 6.45) is 0. The van der Waals surface area contributed by atoms with Crippen molar-refractivity contribution in [2.45, 2.75) is 9.79 Å². The zero-order valence-corrected chi connectivity index (χ0v) is 8.14. The Hall–Kier alpha value is 0.699. The Bertz CT molecular complexity index is 186. The standard InChI is InChI=1S/C6H6S2Se/c1-2-8-6-4-9-3-5(6)7-1/h3-4H,1-2H2. The first-order chi connectivity index (χ1) is 4.47. The molecule has 2 rings (SSSR count). The third-order valence-electron chi connectivity index (χ3n) is 1.19. The fourth-order valence-electron chi connectivity index (χ4n) is 0.787. The number of hydrogen-bond donors (Lipinski definition) is 0. The van der Waals surface area contributed by atoms with E-state index in [4.69, 9.17) is 0 Å². The van der Waals surface area contributed by atoms with Gasteiger partial charge in [-0.15, -0.1) is 0 Å². The minimum atomic E-state index is 0.689. The maximum absolute atomic E-state index is 2.39. The molecule has 2 heterocycles. The summed E-state index contributed by atoms with van der Waals surface area (Å²) in [6.45, 7) is 0. The molecule has 1 aliphatic heterocycles. The van der Waals surface area contributed by atoms with Crippen LogP contribution in [0.25, 0.3) is 0 Å². The number of hydrogen-bond acceptors (Lipinski definition) is 2. The van der Waals surface area contributed by atoms with Gasteiger partial charge >= 0.3 is 69.2 Å². The van der Waals surface area contributed by atoms with E-state index in [0.717, 1.165) is 0 Å². The molecule has 0 radical (unpaired) electrons. The van der Waals surface area contributed by atoms with Gasteiger partial charge in [0, 0.05) is 0 Å². The van der Waals surface area contributed by atoms with Gasteiger partial charge in [0.15, 0.2) is 0 Å². The monoisotopic (exact) mass is 222 g/mol. The van der Waals surface area contributed by atoms with Crippen molar-refractivity contribution >= 4 is 38.0 Å². The average Bonchev–Trinajstić information content (AvgIpc) is 2.33. The minimum absolute atomic E-state index is 0.689. The van der Waals surface area contributed by atoms with E-state index in [1.54, 1.807) is 9.79 Å². The van der Waals surface area contributed by atoms with Crippen LogP contribution in [0.1, 0.15) is 0 Å². The van der Waals surface area contributed by atoms with Crippen molar-refractivity contribution in [2.24, 2.45) is 0 Å². The molecular formula is C6H6S2Se. The van der Waals surface area contributed by atoms with Gasteiger partial charge in [-0.2, -0.15) is 0 Å². The molecule has 9 heavy (non-hydrogen) atoms. The molecule has 0 unspecified atom stereocenters. The summed E-state index contributed by atoms with van der Waals surface area (Å²) < 4.78 is 0. The fourth-order valence-corrected chi connectivity index (χ4v) is 5.75. The summed E-state index contributed by atoms with van der Waals surface area (Å²) in [5, 5.41) is 0. The zero-order valence-electron chi connectivity index (χ0n) is 4.79. The van der Waals surface area contributed by atoms with Crippen LogP contribution in [0, 0.1) is 0 Å². The van der Waals surface area contributed by atoms with Crippen LogP contribution in [-0.4, -0.2) is 26.0 Å². The first kappa shape index (κ1) is 6.41. The van der Waals surface area contributed by atoms with E-state index in [0.29, 0.717) is 14.5 Å². The van der Waals surface area contributed by atoms with Gasteiger partial charge in [0.2, 0.25) is 0 Å². The Morgan fingerprint density at radius 3 is 2.22 bits per heavy atom. The van der Waals surface area contributed by atoms with Gasteiger partial charge in [0.05, 0.1) is 0 Å². The molecule has 1 aliphatic rings. The second-order valence-corrected chi connectivity index (χ2v) is 5.63. The Balaban J connectivity index is 2.39. The molecular weight excluding hydrogens is 215 g/mol. The Labute approximate surface area is 69.2 Å². The van der Waals surface area contributed by atoms with E-state index in [1.807, 2.05) is 23.5 Å². The van der Waals surface area contributed by atoms with E-state index < -0.39 is 0 Å². The van der Waals surface area contributed by atoms with Gasteiger partial charge in [-0.1, -0.05) is 0 Å². The molecule has 0 spiro atoms. The molecule has 0 aromatic carbocycles. The van der Waals surface area contributed by atoms with Gasteiger partial charge in [0.25, 0.3) is 0 Å². The van der Waals surface area contributed by atoms with Crippen molar-refractivity contribution in [1.82, 2.24) is 0 Å². The molecule has 1 aromatic rings. The quantitative estimate of drug-likeness (QED) is 0.614. The van der Waals surface area contributed by atoms with Gasteiger partial charge < -0.3 is 0 Å². The molecule has 0 fully saturated rings. The van der Waals surface area contributed by atoms with E-state index in [1.165, 1.54) is 11.5 Å². The van der Waals surface area contributed by atoms with Gasteiger partial charge in [0.1, 0.15) is 0 Å². The third kappa shape index (κ3) is 1.25. The first-order valence-corrected chi connectivity index (χ1v) is 6.73. The number of rotatable bonds is 0. The van der Waals surface area contributed by atoms with Crippen LogP contribution < -0.4 is 0 Å². The van der Waals surface area contributed by atoms with E-state index in [-0.39, 0.29) is 0 Å². The number of fused-ring (bicyclic) bond motifs is 1. The summed E-state index contributed by atoms with van der Waals surface area (Å²) in [5.41, 5.74) is 0. The SMILES string of the molecule is c1[se]cc2c1SCCS2. The predicted octanol–water partition coefficient (Wildman–Crippen LogP) is 1.94. The van der Waals surface area contributed by atoms with Crippen molar-refractivity contribution in [2.75, 3.05) is 11.5 Å². The summed E-state index contributed by atoms with van der Waals surface area (Å²) in [6, 6.07) is 0. The van der Waals surface area contributed by atoms with Crippen LogP contribution in [0.4, 0.5) is 0 Å². The van der Waals surface area contributed by atoms with Crippen LogP contribution in [0.3, 0.4) is 0 Å². The van der Waals surface area contributed by atoms with Crippen molar-refractivity contribution in [3.8, 4) is 0 Å². The Morgan fingerprint density at radius 2 is 1.67 bits per heavy atom. The fraction of sp³-hybridized carbons (Fsp3) is 0.333. The molecule has 0 saturated heterocycles. The molecule has 0 bridgehead atoms. The van der Waals surface area contributed by atoms with Crippen LogP contribution in [0.15, 0.2) is 19.7 Å². The summed E-state index contributed by atoms with van der Waals surface area (Å²) in [4.78, 5) is 7.90. The van der Waals surface area contributed by atoms with E-state index in [9.17, 15) is 0 Å². The van der Waals surface area contributed by atoms with Crippen molar-refractivity contribution in [3.05, 3.63) is 9.88 Å². The van der Waals surface area contributed by atoms with E-state index >= 15 is 0 Å². The van der Waals surface area contributed by atoms with Gasteiger partial charge in [-0.05, 0) is 0 Å². The van der Waals surface area contributed by atoms with Crippen molar-refractivity contribution in [3.63, 3.8) is 0 Å². The Kier molecular flexibility index (Phi) is 1.96. The maximum atomic E-state index is 2.39. The summed E-state index contributed by atoms with van der Waals surface area (Å²) >= 11 is 4.73. The molecule has 0 saturated carbocycles. The topological polar surface area (TPSA) is 0 Å². The van der Waals surface area contributed by atoms with Gasteiger partial charge in [-0.3, -0.25) is 0 Å². The second kappa shape index (κ2) is 2.75. The molecule has 3 heteroatoms. The third-order valence-corrected chi connectivity index (χ3v) is 5.93. The molecule has 0 N–H and O–H groups in total. The molecule has 0 amide bonds. The molecule has 0 aliphatic carbocycles. The first-order valence-electron chi connectivity index (χ1n) is 2.78. The van der Waals surface area contributed by atoms with Crippen LogP contribution in [0.5, 0.6) is 0 Å². The molecule has 0 nitrogen and oxygen atoms in total. The molecule has 48 valence electrons. The Morgan fingerprint density at radius 1 is 1.11 bits per heavy atom. The van der Waals surface area contributed by atoms with Crippen LogP contribution >= 0.6 is 23.5 Å². The number of thioether (sulfide) groups is 2. The van der Waals surface area contributed by atoms with Crippen molar-refractivity contribution < 1.29 is 0 Å². The summed E-state index contributed by atoms with van der Waals surface area (Å²) in [7, 11) is 0. The van der Waals surface area contributed by atoms with Crippen LogP contribution in [0.2, 0.25) is 0 Å².